The normalized spacial score (nSPS) is 10.9. The van der Waals surface area contributed by atoms with Crippen LogP contribution in [0.25, 0.3) is 0 Å². The lowest BCUT2D eigenvalue weighted by atomic mass is 10.1. The fraction of sp³-hybridized carbons (Fsp3) is 0.300. The summed E-state index contributed by atoms with van der Waals surface area (Å²) in [6.45, 7) is 1.19. The summed E-state index contributed by atoms with van der Waals surface area (Å²) >= 11 is 0. The molecule has 0 bridgehead atoms. The molecule has 144 valence electrons. The number of methoxy groups -OCH3 is 2. The number of carbonyl (C=O) groups excluding carboxylic acids is 1. The molecule has 0 aliphatic rings. The third-order valence-electron chi connectivity index (χ3n) is 4.03. The maximum Gasteiger partial charge on any atom is 0.251 e. The molecule has 0 unspecified atom stereocenters. The zero-order valence-electron chi connectivity index (χ0n) is 16.1. The third kappa shape index (κ3) is 5.64. The predicted molar refractivity (Wildman–Crippen MR) is 106 cm³/mol. The zero-order chi connectivity index (χ0) is 19.6. The van der Waals surface area contributed by atoms with Crippen LogP contribution in [0, 0.1) is 0 Å². The number of amides is 1. The minimum atomic E-state index is -0.0955. The minimum Gasteiger partial charge on any atom is -0.493 e. The number of guanidine groups is 1. The topological polar surface area (TPSA) is 84.0 Å². The molecule has 2 aromatic carbocycles. The van der Waals surface area contributed by atoms with E-state index in [0.717, 1.165) is 11.1 Å². The second-order valence-corrected chi connectivity index (χ2v) is 5.74. The van der Waals surface area contributed by atoms with E-state index in [1.807, 2.05) is 30.3 Å². The van der Waals surface area contributed by atoms with E-state index < -0.39 is 0 Å². The van der Waals surface area contributed by atoms with Gasteiger partial charge in [-0.3, -0.25) is 9.79 Å². The first-order valence-corrected chi connectivity index (χ1v) is 8.57. The Balaban J connectivity index is 1.90. The fourth-order valence-electron chi connectivity index (χ4n) is 2.50. The van der Waals surface area contributed by atoms with E-state index in [4.69, 9.17) is 9.47 Å². The molecule has 0 heterocycles. The highest BCUT2D eigenvalue weighted by atomic mass is 16.5. The second-order valence-electron chi connectivity index (χ2n) is 5.74. The summed E-state index contributed by atoms with van der Waals surface area (Å²) in [5.74, 6) is 1.97. The van der Waals surface area contributed by atoms with Crippen LogP contribution < -0.4 is 25.4 Å². The predicted octanol–water partition coefficient (Wildman–Crippen LogP) is 1.93. The summed E-state index contributed by atoms with van der Waals surface area (Å²) in [5, 5.41) is 9.12. The van der Waals surface area contributed by atoms with Crippen molar-refractivity contribution in [2.75, 3.05) is 28.3 Å². The van der Waals surface area contributed by atoms with Gasteiger partial charge in [0.2, 0.25) is 0 Å². The molecule has 0 saturated carbocycles. The van der Waals surface area contributed by atoms with E-state index in [1.165, 1.54) is 0 Å². The smallest absolute Gasteiger partial charge is 0.251 e. The summed E-state index contributed by atoms with van der Waals surface area (Å²) in [6.07, 6.45) is 0. The van der Waals surface area contributed by atoms with Crippen molar-refractivity contribution in [1.29, 1.82) is 0 Å². The molecule has 0 fully saturated rings. The van der Waals surface area contributed by atoms with Crippen molar-refractivity contribution in [1.82, 2.24) is 16.0 Å². The molecule has 2 rings (SSSR count). The first-order chi connectivity index (χ1) is 13.1. The summed E-state index contributed by atoms with van der Waals surface area (Å²) in [6, 6.07) is 13.2. The van der Waals surface area contributed by atoms with Gasteiger partial charge >= 0.3 is 0 Å². The lowest BCUT2D eigenvalue weighted by Gasteiger charge is -2.14. The Kier molecular flexibility index (Phi) is 7.49. The van der Waals surface area contributed by atoms with Crippen molar-refractivity contribution in [2.24, 2.45) is 4.99 Å². The van der Waals surface area contributed by atoms with Crippen LogP contribution in [-0.4, -0.2) is 40.2 Å². The van der Waals surface area contributed by atoms with Gasteiger partial charge in [0.15, 0.2) is 17.5 Å². The van der Waals surface area contributed by atoms with Crippen molar-refractivity contribution in [3.63, 3.8) is 0 Å². The summed E-state index contributed by atoms with van der Waals surface area (Å²) in [5.41, 5.74) is 2.74. The van der Waals surface area contributed by atoms with Crippen LogP contribution in [0.15, 0.2) is 47.5 Å². The minimum absolute atomic E-state index is 0.0955. The standard InChI is InChI=1S/C20H26N4O3/c1-21-19(25)16-8-5-14(6-9-16)12-23-20(22-2)24-13-15-7-10-17(26-3)18(11-15)27-4/h5-11H,12-13H2,1-4H3,(H,21,25)(H2,22,23,24). The number of rotatable bonds is 7. The number of benzene rings is 2. The Labute approximate surface area is 159 Å². The van der Waals surface area contributed by atoms with Gasteiger partial charge in [0, 0.05) is 32.7 Å². The number of hydrogen-bond donors (Lipinski definition) is 3. The van der Waals surface area contributed by atoms with Crippen molar-refractivity contribution >= 4 is 11.9 Å². The van der Waals surface area contributed by atoms with E-state index in [2.05, 4.69) is 20.9 Å². The van der Waals surface area contributed by atoms with Gasteiger partial charge in [-0.05, 0) is 35.4 Å². The molecule has 0 spiro atoms. The first-order valence-electron chi connectivity index (χ1n) is 8.57. The van der Waals surface area contributed by atoms with E-state index in [1.54, 1.807) is 40.4 Å². The average Bonchev–Trinajstić information content (AvgIpc) is 2.73. The zero-order valence-corrected chi connectivity index (χ0v) is 16.1. The highest BCUT2D eigenvalue weighted by molar-refractivity contribution is 5.93. The van der Waals surface area contributed by atoms with E-state index in [-0.39, 0.29) is 5.91 Å². The van der Waals surface area contributed by atoms with Crippen LogP contribution in [0.5, 0.6) is 11.5 Å². The molecule has 0 aromatic heterocycles. The number of nitrogens with one attached hydrogen (secondary N) is 3. The van der Waals surface area contributed by atoms with Crippen LogP contribution in [0.2, 0.25) is 0 Å². The lowest BCUT2D eigenvalue weighted by Crippen LogP contribution is -2.36. The molecule has 0 aliphatic heterocycles. The third-order valence-corrected chi connectivity index (χ3v) is 4.03. The Morgan fingerprint density at radius 1 is 0.926 bits per heavy atom. The molecule has 3 N–H and O–H groups in total. The number of hydrogen-bond acceptors (Lipinski definition) is 4. The first kappa shape index (κ1) is 20.1. The Bertz CT molecular complexity index is 788. The summed E-state index contributed by atoms with van der Waals surface area (Å²) in [7, 11) is 6.57. The molecule has 0 aliphatic carbocycles. The van der Waals surface area contributed by atoms with Gasteiger partial charge in [-0.15, -0.1) is 0 Å². The number of aliphatic imine (C=N–C) groups is 1. The Hall–Kier alpha value is -3.22. The molecule has 27 heavy (non-hydrogen) atoms. The van der Waals surface area contributed by atoms with E-state index in [9.17, 15) is 4.79 Å². The Morgan fingerprint density at radius 2 is 1.52 bits per heavy atom. The SMILES string of the molecule is CN=C(NCc1ccc(C(=O)NC)cc1)NCc1ccc(OC)c(OC)c1. The molecule has 0 atom stereocenters. The van der Waals surface area contributed by atoms with Crippen molar-refractivity contribution < 1.29 is 14.3 Å². The van der Waals surface area contributed by atoms with Crippen molar-refractivity contribution in [2.45, 2.75) is 13.1 Å². The maximum atomic E-state index is 11.6. The quantitative estimate of drug-likeness (QED) is 0.512. The van der Waals surface area contributed by atoms with Crippen LogP contribution in [0.4, 0.5) is 0 Å². The highest BCUT2D eigenvalue weighted by Crippen LogP contribution is 2.27. The molecule has 2 aromatic rings. The summed E-state index contributed by atoms with van der Waals surface area (Å²) < 4.78 is 10.6. The molecule has 0 radical (unpaired) electrons. The van der Waals surface area contributed by atoms with Gasteiger partial charge in [-0.2, -0.15) is 0 Å². The largest absolute Gasteiger partial charge is 0.493 e. The molecular formula is C20H26N4O3. The van der Waals surface area contributed by atoms with E-state index in [0.29, 0.717) is 36.1 Å². The monoisotopic (exact) mass is 370 g/mol. The molecule has 7 nitrogen and oxygen atoms in total. The molecule has 7 heteroatoms. The average molecular weight is 370 g/mol. The second kappa shape index (κ2) is 10.1. The number of ether oxygens (including phenoxy) is 2. The van der Waals surface area contributed by atoms with Gasteiger partial charge in [-0.25, -0.2) is 0 Å². The van der Waals surface area contributed by atoms with Gasteiger partial charge in [-0.1, -0.05) is 18.2 Å². The van der Waals surface area contributed by atoms with Gasteiger partial charge in [0.25, 0.3) is 5.91 Å². The molecule has 0 saturated heterocycles. The van der Waals surface area contributed by atoms with Gasteiger partial charge in [0.1, 0.15) is 0 Å². The van der Waals surface area contributed by atoms with Crippen LogP contribution >= 0.6 is 0 Å². The van der Waals surface area contributed by atoms with Crippen molar-refractivity contribution in [3.05, 3.63) is 59.2 Å². The van der Waals surface area contributed by atoms with Gasteiger partial charge < -0.3 is 25.4 Å². The van der Waals surface area contributed by atoms with Crippen LogP contribution in [0.3, 0.4) is 0 Å². The fourth-order valence-corrected chi connectivity index (χ4v) is 2.50. The Morgan fingerprint density at radius 3 is 2.07 bits per heavy atom. The van der Waals surface area contributed by atoms with E-state index >= 15 is 0 Å². The lowest BCUT2D eigenvalue weighted by molar-refractivity contribution is 0.0963. The number of nitrogens with zero attached hydrogens (tertiary/aromatic N) is 1. The van der Waals surface area contributed by atoms with Gasteiger partial charge in [0.05, 0.1) is 14.2 Å². The maximum absolute atomic E-state index is 11.6. The summed E-state index contributed by atoms with van der Waals surface area (Å²) in [4.78, 5) is 15.8. The van der Waals surface area contributed by atoms with Crippen LogP contribution in [-0.2, 0) is 13.1 Å². The van der Waals surface area contributed by atoms with Crippen molar-refractivity contribution in [3.8, 4) is 11.5 Å². The molecule has 1 amide bonds. The highest BCUT2D eigenvalue weighted by Gasteiger charge is 2.06. The number of carbonyl (C=O) groups is 1. The molecular weight excluding hydrogens is 344 g/mol. The van der Waals surface area contributed by atoms with Crippen LogP contribution in [0.1, 0.15) is 21.5 Å².